The first-order chi connectivity index (χ1) is 10.1. The van der Waals surface area contributed by atoms with Gasteiger partial charge in [-0.25, -0.2) is 0 Å². The number of nitrogens with zero attached hydrogens (tertiary/aromatic N) is 1. The van der Waals surface area contributed by atoms with Gasteiger partial charge in [-0.2, -0.15) is 0 Å². The Hall–Kier alpha value is -1.42. The number of pyridine rings is 1. The lowest BCUT2D eigenvalue weighted by Crippen LogP contribution is -2.14. The molecule has 3 rings (SSSR count). The Balaban J connectivity index is 1.94. The monoisotopic (exact) mass is 360 g/mol. The third-order valence-corrected chi connectivity index (χ3v) is 4.46. The summed E-state index contributed by atoms with van der Waals surface area (Å²) in [7, 11) is 0. The maximum Gasteiger partial charge on any atom is 0.0704 e. The molecule has 1 heterocycles. The molecule has 0 amide bonds. The summed E-state index contributed by atoms with van der Waals surface area (Å²) in [6.45, 7) is 0. The van der Waals surface area contributed by atoms with E-state index in [1.54, 1.807) is 0 Å². The minimum atomic E-state index is -0.0950. The molecule has 0 bridgehead atoms. The molecule has 0 radical (unpaired) electrons. The zero-order chi connectivity index (χ0) is 14.8. The number of halogens is 2. The third kappa shape index (κ3) is 3.10. The van der Waals surface area contributed by atoms with Gasteiger partial charge in [0, 0.05) is 27.1 Å². The molecule has 2 N–H and O–H groups in total. The average Bonchev–Trinajstić information content (AvgIpc) is 2.47. The van der Waals surface area contributed by atoms with Crippen molar-refractivity contribution in [3.8, 4) is 0 Å². The molecule has 106 valence electrons. The fourth-order valence-electron chi connectivity index (χ4n) is 2.48. The van der Waals surface area contributed by atoms with E-state index in [1.165, 1.54) is 5.56 Å². The highest BCUT2D eigenvalue weighted by molar-refractivity contribution is 9.10. The van der Waals surface area contributed by atoms with E-state index in [0.717, 1.165) is 27.4 Å². The Morgan fingerprint density at radius 1 is 1.14 bits per heavy atom. The van der Waals surface area contributed by atoms with Crippen LogP contribution in [0.1, 0.15) is 17.2 Å². The van der Waals surface area contributed by atoms with Gasteiger partial charge in [0.05, 0.1) is 5.52 Å². The van der Waals surface area contributed by atoms with Gasteiger partial charge < -0.3 is 5.73 Å². The lowest BCUT2D eigenvalue weighted by Gasteiger charge is -2.15. The van der Waals surface area contributed by atoms with E-state index in [2.05, 4.69) is 27.0 Å². The van der Waals surface area contributed by atoms with Crippen molar-refractivity contribution < 1.29 is 0 Å². The topological polar surface area (TPSA) is 38.9 Å². The Kier molecular flexibility index (Phi) is 4.24. The van der Waals surface area contributed by atoms with Crippen LogP contribution in [0, 0.1) is 0 Å². The van der Waals surface area contributed by atoms with Crippen molar-refractivity contribution in [1.82, 2.24) is 4.98 Å². The maximum atomic E-state index is 6.38. The van der Waals surface area contributed by atoms with Crippen LogP contribution in [-0.4, -0.2) is 4.98 Å². The molecular formula is C17H14BrClN2. The Morgan fingerprint density at radius 2 is 1.95 bits per heavy atom. The number of rotatable bonds is 3. The normalized spacial score (nSPS) is 12.5. The second-order valence-electron chi connectivity index (χ2n) is 4.96. The van der Waals surface area contributed by atoms with Gasteiger partial charge in [0.1, 0.15) is 0 Å². The fraction of sp³-hybridized carbons (Fsp3) is 0.118. The molecular weight excluding hydrogens is 348 g/mol. The van der Waals surface area contributed by atoms with Crippen LogP contribution in [0.2, 0.25) is 5.02 Å². The number of para-hydroxylation sites is 1. The Morgan fingerprint density at radius 3 is 2.76 bits per heavy atom. The van der Waals surface area contributed by atoms with E-state index in [9.17, 15) is 0 Å². The van der Waals surface area contributed by atoms with E-state index in [0.29, 0.717) is 5.02 Å². The molecule has 2 nitrogen and oxygen atoms in total. The van der Waals surface area contributed by atoms with Crippen LogP contribution < -0.4 is 5.73 Å². The first kappa shape index (κ1) is 14.5. The molecule has 0 aliphatic heterocycles. The average molecular weight is 362 g/mol. The smallest absolute Gasteiger partial charge is 0.0704 e. The highest BCUT2D eigenvalue weighted by Crippen LogP contribution is 2.28. The summed E-state index contributed by atoms with van der Waals surface area (Å²) in [6, 6.07) is 15.8. The minimum Gasteiger partial charge on any atom is -0.324 e. The largest absolute Gasteiger partial charge is 0.324 e. The standard InChI is InChI=1S/C17H14BrClN2/c18-15-10-12(19)5-6-14(15)16(20)9-11-7-8-21-17-4-2-1-3-13(11)17/h1-8,10,16H,9,20H2. The molecule has 1 aromatic heterocycles. The van der Waals surface area contributed by atoms with Crippen LogP contribution in [0.15, 0.2) is 59.2 Å². The van der Waals surface area contributed by atoms with Crippen molar-refractivity contribution in [2.75, 3.05) is 0 Å². The van der Waals surface area contributed by atoms with Gasteiger partial charge in [0.2, 0.25) is 0 Å². The van der Waals surface area contributed by atoms with Gasteiger partial charge in [-0.3, -0.25) is 4.98 Å². The first-order valence-electron chi connectivity index (χ1n) is 6.68. The molecule has 2 aromatic carbocycles. The predicted octanol–water partition coefficient (Wildman–Crippen LogP) is 4.89. The van der Waals surface area contributed by atoms with Gasteiger partial charge in [0.25, 0.3) is 0 Å². The van der Waals surface area contributed by atoms with Gasteiger partial charge >= 0.3 is 0 Å². The molecule has 0 fully saturated rings. The number of benzene rings is 2. The minimum absolute atomic E-state index is 0.0950. The van der Waals surface area contributed by atoms with Crippen LogP contribution in [0.5, 0.6) is 0 Å². The zero-order valence-electron chi connectivity index (χ0n) is 11.3. The summed E-state index contributed by atoms with van der Waals surface area (Å²) in [6.07, 6.45) is 2.59. The predicted molar refractivity (Wildman–Crippen MR) is 91.5 cm³/mol. The fourth-order valence-corrected chi connectivity index (χ4v) is 3.46. The van der Waals surface area contributed by atoms with Crippen molar-refractivity contribution in [1.29, 1.82) is 0 Å². The van der Waals surface area contributed by atoms with Gasteiger partial charge in [-0.15, -0.1) is 0 Å². The second kappa shape index (κ2) is 6.14. The molecule has 3 aromatic rings. The maximum absolute atomic E-state index is 6.38. The third-order valence-electron chi connectivity index (χ3n) is 3.54. The summed E-state index contributed by atoms with van der Waals surface area (Å²) < 4.78 is 0.945. The first-order valence-corrected chi connectivity index (χ1v) is 7.85. The molecule has 0 saturated carbocycles. The van der Waals surface area contributed by atoms with Crippen molar-refractivity contribution in [2.24, 2.45) is 5.73 Å². The Bertz CT molecular complexity index is 783. The van der Waals surface area contributed by atoms with E-state index in [4.69, 9.17) is 17.3 Å². The van der Waals surface area contributed by atoms with Gasteiger partial charge in [-0.05, 0) is 41.8 Å². The number of hydrogen-bond acceptors (Lipinski definition) is 2. The van der Waals surface area contributed by atoms with Crippen LogP contribution in [0.3, 0.4) is 0 Å². The molecule has 21 heavy (non-hydrogen) atoms. The molecule has 0 saturated heterocycles. The highest BCUT2D eigenvalue weighted by Gasteiger charge is 2.13. The van der Waals surface area contributed by atoms with Crippen molar-refractivity contribution in [2.45, 2.75) is 12.5 Å². The van der Waals surface area contributed by atoms with E-state index < -0.39 is 0 Å². The molecule has 1 atom stereocenters. The van der Waals surface area contributed by atoms with Crippen molar-refractivity contribution in [3.63, 3.8) is 0 Å². The number of fused-ring (bicyclic) bond motifs is 1. The zero-order valence-corrected chi connectivity index (χ0v) is 13.6. The van der Waals surface area contributed by atoms with Crippen LogP contribution >= 0.6 is 27.5 Å². The number of aromatic nitrogens is 1. The van der Waals surface area contributed by atoms with Crippen molar-refractivity contribution >= 4 is 38.4 Å². The summed E-state index contributed by atoms with van der Waals surface area (Å²) in [4.78, 5) is 4.38. The summed E-state index contributed by atoms with van der Waals surface area (Å²) in [5, 5.41) is 1.85. The summed E-state index contributed by atoms with van der Waals surface area (Å²) >= 11 is 9.51. The van der Waals surface area contributed by atoms with Crippen molar-refractivity contribution in [3.05, 3.63) is 75.4 Å². The highest BCUT2D eigenvalue weighted by atomic mass is 79.9. The van der Waals surface area contributed by atoms with Crippen LogP contribution in [-0.2, 0) is 6.42 Å². The van der Waals surface area contributed by atoms with Gasteiger partial charge in [-0.1, -0.05) is 51.8 Å². The van der Waals surface area contributed by atoms with Gasteiger partial charge in [0.15, 0.2) is 0 Å². The van der Waals surface area contributed by atoms with E-state index >= 15 is 0 Å². The molecule has 0 aliphatic rings. The lowest BCUT2D eigenvalue weighted by atomic mass is 9.97. The molecule has 4 heteroatoms. The molecule has 1 unspecified atom stereocenters. The number of nitrogens with two attached hydrogens (primary N) is 1. The van der Waals surface area contributed by atoms with E-state index in [-0.39, 0.29) is 6.04 Å². The number of hydrogen-bond donors (Lipinski definition) is 1. The SMILES string of the molecule is NC(Cc1ccnc2ccccc12)c1ccc(Cl)cc1Br. The quantitative estimate of drug-likeness (QED) is 0.721. The van der Waals surface area contributed by atoms with Crippen LogP contribution in [0.25, 0.3) is 10.9 Å². The lowest BCUT2D eigenvalue weighted by molar-refractivity contribution is 0.721. The summed E-state index contributed by atoms with van der Waals surface area (Å²) in [5.41, 5.74) is 9.63. The summed E-state index contributed by atoms with van der Waals surface area (Å²) in [5.74, 6) is 0. The van der Waals surface area contributed by atoms with Crippen LogP contribution in [0.4, 0.5) is 0 Å². The Labute approximate surface area is 137 Å². The molecule has 0 aliphatic carbocycles. The molecule has 0 spiro atoms. The van der Waals surface area contributed by atoms with E-state index in [1.807, 2.05) is 48.7 Å². The second-order valence-corrected chi connectivity index (χ2v) is 6.25.